The average Bonchev–Trinajstić information content (AvgIpc) is 3.28. The largest absolute Gasteiger partial charge is 0.371 e. The van der Waals surface area contributed by atoms with Gasteiger partial charge in [-0.2, -0.15) is 5.10 Å². The van der Waals surface area contributed by atoms with Crippen molar-refractivity contribution in [1.29, 1.82) is 0 Å². The molecule has 0 radical (unpaired) electrons. The van der Waals surface area contributed by atoms with Crippen LogP contribution >= 0.6 is 11.6 Å². The van der Waals surface area contributed by atoms with Crippen molar-refractivity contribution in [3.8, 4) is 11.4 Å². The summed E-state index contributed by atoms with van der Waals surface area (Å²) in [6, 6.07) is 7.89. The van der Waals surface area contributed by atoms with Gasteiger partial charge in [-0.25, -0.2) is 9.50 Å². The normalized spacial score (nSPS) is 18.2. The Hall–Kier alpha value is -1.92. The molecule has 5 nitrogen and oxygen atoms in total. The maximum absolute atomic E-state index is 6.08. The van der Waals surface area contributed by atoms with Crippen LogP contribution in [0.15, 0.2) is 36.7 Å². The molecule has 0 bridgehead atoms. The van der Waals surface area contributed by atoms with Crippen LogP contribution in [0.4, 0.5) is 5.69 Å². The fourth-order valence-corrected chi connectivity index (χ4v) is 6.87. The summed E-state index contributed by atoms with van der Waals surface area (Å²) in [6.45, 7) is 14.6. The van der Waals surface area contributed by atoms with E-state index in [0.717, 1.165) is 35.7 Å². The molecule has 148 valence electrons. The number of hydrogen-bond acceptors (Lipinski definition) is 4. The number of hydrogen-bond donors (Lipinski definition) is 0. The highest BCUT2D eigenvalue weighted by molar-refractivity contribution is 6.81. The minimum Gasteiger partial charge on any atom is -0.371 e. The van der Waals surface area contributed by atoms with Gasteiger partial charge in [0.1, 0.15) is 10.8 Å². The van der Waals surface area contributed by atoms with Gasteiger partial charge >= 0.3 is 0 Å². The van der Waals surface area contributed by atoms with Crippen molar-refractivity contribution in [1.82, 2.24) is 19.6 Å². The Kier molecular flexibility index (Phi) is 4.74. The Morgan fingerprint density at radius 3 is 2.68 bits per heavy atom. The second-order valence-corrected chi connectivity index (χ2v) is 15.5. The van der Waals surface area contributed by atoms with Gasteiger partial charge in [-0.1, -0.05) is 45.5 Å². The topological polar surface area (TPSA) is 46.3 Å². The van der Waals surface area contributed by atoms with Crippen LogP contribution in [0.25, 0.3) is 17.0 Å². The third-order valence-corrected chi connectivity index (χ3v) is 13.4. The number of nitrogens with zero attached hydrogens (tertiary/aromatic N) is 5. The molecule has 0 N–H and O–H groups in total. The molecule has 4 rings (SSSR count). The van der Waals surface area contributed by atoms with Crippen LogP contribution in [0.1, 0.15) is 27.2 Å². The predicted octanol–water partition coefficient (Wildman–Crippen LogP) is 5.53. The zero-order valence-corrected chi connectivity index (χ0v) is 19.0. The van der Waals surface area contributed by atoms with Crippen LogP contribution < -0.4 is 4.90 Å². The van der Waals surface area contributed by atoms with Crippen LogP contribution in [0.2, 0.25) is 28.8 Å². The van der Waals surface area contributed by atoms with Crippen molar-refractivity contribution in [2.75, 3.05) is 18.0 Å². The van der Waals surface area contributed by atoms with Crippen LogP contribution in [0.3, 0.4) is 0 Å². The first-order chi connectivity index (χ1) is 13.2. The number of aromatic nitrogens is 4. The SMILES string of the molecule is CC(C)(C)[Si](C)(C)[C@@H]1CCN(c2ccnc(-c3cnc4ccc(Cl)nn34)c2)C1. The number of rotatable bonds is 3. The quantitative estimate of drug-likeness (QED) is 0.529. The van der Waals surface area contributed by atoms with Gasteiger partial charge in [-0.05, 0) is 41.3 Å². The Morgan fingerprint density at radius 1 is 1.14 bits per heavy atom. The lowest BCUT2D eigenvalue weighted by Crippen LogP contribution is -2.43. The first kappa shape index (κ1) is 19.4. The van der Waals surface area contributed by atoms with E-state index < -0.39 is 8.07 Å². The lowest BCUT2D eigenvalue weighted by Gasteiger charge is -2.42. The van der Waals surface area contributed by atoms with Crippen molar-refractivity contribution >= 4 is 31.0 Å². The summed E-state index contributed by atoms with van der Waals surface area (Å²) in [5.74, 6) is 0. The number of fused-ring (bicyclic) bond motifs is 1. The van der Waals surface area contributed by atoms with Crippen LogP contribution in [-0.2, 0) is 0 Å². The minimum absolute atomic E-state index is 0.415. The van der Waals surface area contributed by atoms with Crippen LogP contribution in [-0.4, -0.2) is 40.7 Å². The minimum atomic E-state index is -1.35. The van der Waals surface area contributed by atoms with Gasteiger partial charge in [0.25, 0.3) is 0 Å². The molecule has 1 atom stereocenters. The standard InChI is InChI=1S/C21H28ClN5Si/c1-21(2,3)28(4,5)16-9-11-26(14-16)15-8-10-23-17(12-15)18-13-24-20-7-6-19(22)25-27(18)20/h6-8,10,12-13,16H,9,11,14H2,1-5H3/t16-/m1/s1. The first-order valence-corrected chi connectivity index (χ1v) is 13.3. The highest BCUT2D eigenvalue weighted by Crippen LogP contribution is 2.47. The molecule has 1 fully saturated rings. The second kappa shape index (κ2) is 6.85. The lowest BCUT2D eigenvalue weighted by molar-refractivity contribution is 0.684. The fourth-order valence-electron chi connectivity index (χ4n) is 3.98. The van der Waals surface area contributed by atoms with Crippen molar-refractivity contribution < 1.29 is 0 Å². The summed E-state index contributed by atoms with van der Waals surface area (Å²) < 4.78 is 1.76. The smallest absolute Gasteiger partial charge is 0.154 e. The summed E-state index contributed by atoms with van der Waals surface area (Å²) in [5.41, 5.74) is 4.53. The first-order valence-electron chi connectivity index (χ1n) is 9.88. The zero-order chi connectivity index (χ0) is 20.1. The van der Waals surface area contributed by atoms with E-state index in [4.69, 9.17) is 11.6 Å². The van der Waals surface area contributed by atoms with Crippen molar-refractivity contribution in [3.05, 3.63) is 41.8 Å². The molecule has 1 saturated heterocycles. The summed E-state index contributed by atoms with van der Waals surface area (Å²) in [5, 5.41) is 5.24. The fraction of sp³-hybridized carbons (Fsp3) is 0.476. The van der Waals surface area contributed by atoms with Gasteiger partial charge in [0.2, 0.25) is 0 Å². The average molecular weight is 414 g/mol. The molecule has 0 saturated carbocycles. The zero-order valence-electron chi connectivity index (χ0n) is 17.3. The highest BCUT2D eigenvalue weighted by Gasteiger charge is 2.44. The molecule has 4 heterocycles. The Labute approximate surface area is 172 Å². The molecule has 0 aliphatic carbocycles. The van der Waals surface area contributed by atoms with Crippen molar-refractivity contribution in [3.63, 3.8) is 0 Å². The van der Waals surface area contributed by atoms with Gasteiger partial charge < -0.3 is 4.90 Å². The van der Waals surface area contributed by atoms with E-state index in [1.807, 2.05) is 18.5 Å². The number of pyridine rings is 1. The molecular formula is C21H28ClN5Si. The third kappa shape index (κ3) is 3.33. The molecule has 0 unspecified atom stereocenters. The summed E-state index contributed by atoms with van der Waals surface area (Å²) in [7, 11) is -1.35. The highest BCUT2D eigenvalue weighted by atomic mass is 35.5. The maximum atomic E-state index is 6.08. The maximum Gasteiger partial charge on any atom is 0.154 e. The van der Waals surface area contributed by atoms with Crippen LogP contribution in [0.5, 0.6) is 0 Å². The molecule has 3 aromatic rings. The lowest BCUT2D eigenvalue weighted by atomic mass is 10.2. The van der Waals surface area contributed by atoms with Crippen LogP contribution in [0, 0.1) is 0 Å². The Morgan fingerprint density at radius 2 is 1.93 bits per heavy atom. The van der Waals surface area contributed by atoms with E-state index in [9.17, 15) is 0 Å². The summed E-state index contributed by atoms with van der Waals surface area (Å²) in [4.78, 5) is 11.5. The molecule has 0 amide bonds. The molecule has 1 aliphatic rings. The Balaban J connectivity index is 1.62. The Bertz CT molecular complexity index is 1010. The predicted molar refractivity (Wildman–Crippen MR) is 119 cm³/mol. The molecule has 28 heavy (non-hydrogen) atoms. The third-order valence-electron chi connectivity index (χ3n) is 6.84. The van der Waals surface area contributed by atoms with Gasteiger partial charge in [-0.15, -0.1) is 0 Å². The van der Waals surface area contributed by atoms with Crippen molar-refractivity contribution in [2.24, 2.45) is 0 Å². The molecule has 0 spiro atoms. The number of anilines is 1. The molecular weight excluding hydrogens is 386 g/mol. The molecule has 3 aromatic heterocycles. The second-order valence-electron chi connectivity index (χ2n) is 9.37. The van der Waals surface area contributed by atoms with E-state index in [2.05, 4.69) is 66.0 Å². The van der Waals surface area contributed by atoms with E-state index in [1.54, 1.807) is 10.6 Å². The van der Waals surface area contributed by atoms with E-state index in [-0.39, 0.29) is 0 Å². The van der Waals surface area contributed by atoms with Gasteiger partial charge in [-0.3, -0.25) is 4.98 Å². The molecule has 7 heteroatoms. The van der Waals surface area contributed by atoms with E-state index >= 15 is 0 Å². The monoisotopic (exact) mass is 413 g/mol. The molecule has 0 aromatic carbocycles. The van der Waals surface area contributed by atoms with E-state index in [1.165, 1.54) is 12.1 Å². The van der Waals surface area contributed by atoms with E-state index in [0.29, 0.717) is 10.2 Å². The van der Waals surface area contributed by atoms with Gasteiger partial charge in [0.05, 0.1) is 20.0 Å². The van der Waals surface area contributed by atoms with Crippen molar-refractivity contribution in [2.45, 2.75) is 50.9 Å². The summed E-state index contributed by atoms with van der Waals surface area (Å²) >= 11 is 6.08. The summed E-state index contributed by atoms with van der Waals surface area (Å²) in [6.07, 6.45) is 4.97. The molecule has 1 aliphatic heterocycles. The number of imidazole rings is 1. The number of halogens is 1. The van der Waals surface area contributed by atoms with Gasteiger partial charge in [0.15, 0.2) is 5.65 Å². The van der Waals surface area contributed by atoms with Gasteiger partial charge in [0, 0.05) is 25.0 Å².